The summed E-state index contributed by atoms with van der Waals surface area (Å²) in [5.74, 6) is 1.13. The van der Waals surface area contributed by atoms with E-state index in [1.54, 1.807) is 6.07 Å². The highest BCUT2D eigenvalue weighted by molar-refractivity contribution is 6.13. The zero-order chi connectivity index (χ0) is 11.1. The van der Waals surface area contributed by atoms with Crippen molar-refractivity contribution in [3.05, 3.63) is 18.1 Å². The first kappa shape index (κ1) is 9.45. The molecule has 82 valence electrons. The molecule has 0 aromatic carbocycles. The molecule has 0 saturated heterocycles. The van der Waals surface area contributed by atoms with Crippen molar-refractivity contribution in [3.8, 4) is 0 Å². The van der Waals surface area contributed by atoms with E-state index in [0.29, 0.717) is 18.2 Å². The van der Waals surface area contributed by atoms with Crippen LogP contribution in [-0.2, 0) is 4.79 Å². The van der Waals surface area contributed by atoms with E-state index < -0.39 is 0 Å². The molecular formula is C11H12N4O. The lowest BCUT2D eigenvalue weighted by atomic mass is 10.2. The second-order valence-electron chi connectivity index (χ2n) is 4.27. The van der Waals surface area contributed by atoms with Crippen molar-refractivity contribution in [3.63, 3.8) is 0 Å². The first-order valence-corrected chi connectivity index (χ1v) is 5.43. The van der Waals surface area contributed by atoms with Crippen LogP contribution in [-0.4, -0.2) is 21.6 Å². The van der Waals surface area contributed by atoms with Crippen LogP contribution in [0.25, 0.3) is 0 Å². The molecule has 1 aromatic heterocycles. The van der Waals surface area contributed by atoms with Gasteiger partial charge in [0.2, 0.25) is 0 Å². The Hall–Kier alpha value is -1.78. The molecule has 0 radical (unpaired) electrons. The maximum Gasteiger partial charge on any atom is 0.254 e. The predicted octanol–water partition coefficient (Wildman–Crippen LogP) is 1.29. The van der Waals surface area contributed by atoms with Gasteiger partial charge in [0, 0.05) is 11.8 Å². The van der Waals surface area contributed by atoms with E-state index in [0.717, 1.165) is 11.4 Å². The minimum Gasteiger partial charge on any atom is -0.272 e. The van der Waals surface area contributed by atoms with Gasteiger partial charge < -0.3 is 0 Å². The van der Waals surface area contributed by atoms with E-state index in [1.807, 2.05) is 6.92 Å². The second-order valence-corrected chi connectivity index (χ2v) is 4.27. The highest BCUT2D eigenvalue weighted by Crippen LogP contribution is 2.35. The van der Waals surface area contributed by atoms with Crippen LogP contribution in [0.3, 0.4) is 0 Å². The van der Waals surface area contributed by atoms with Crippen LogP contribution in [0, 0.1) is 12.8 Å². The summed E-state index contributed by atoms with van der Waals surface area (Å²) in [5.41, 5.74) is 1.86. The van der Waals surface area contributed by atoms with Gasteiger partial charge in [-0.1, -0.05) is 0 Å². The summed E-state index contributed by atoms with van der Waals surface area (Å²) in [6, 6.07) is 1.78. The molecule has 0 N–H and O–H groups in total. The van der Waals surface area contributed by atoms with Gasteiger partial charge in [-0.3, -0.25) is 4.79 Å². The lowest BCUT2D eigenvalue weighted by molar-refractivity contribution is -0.116. The summed E-state index contributed by atoms with van der Waals surface area (Å²) >= 11 is 0. The number of nitrogens with zero attached hydrogens (tertiary/aromatic N) is 4. The molecule has 2 aliphatic rings. The number of amides is 1. The van der Waals surface area contributed by atoms with Gasteiger partial charge in [-0.25, -0.2) is 9.97 Å². The van der Waals surface area contributed by atoms with Crippen molar-refractivity contribution in [2.75, 3.05) is 5.01 Å². The quantitative estimate of drug-likeness (QED) is 0.748. The Morgan fingerprint density at radius 3 is 2.88 bits per heavy atom. The highest BCUT2D eigenvalue weighted by Gasteiger charge is 2.35. The summed E-state index contributed by atoms with van der Waals surface area (Å²) in [4.78, 5) is 19.9. The van der Waals surface area contributed by atoms with Crippen LogP contribution in [0.15, 0.2) is 17.5 Å². The molecule has 1 fully saturated rings. The summed E-state index contributed by atoms with van der Waals surface area (Å²) in [5, 5.41) is 5.76. The number of hydrogen-bond acceptors (Lipinski definition) is 4. The zero-order valence-electron chi connectivity index (χ0n) is 9.05. The Labute approximate surface area is 93.2 Å². The number of hydrogen-bond donors (Lipinski definition) is 0. The smallest absolute Gasteiger partial charge is 0.254 e. The number of aryl methyl sites for hydroxylation is 1. The van der Waals surface area contributed by atoms with E-state index >= 15 is 0 Å². The maximum absolute atomic E-state index is 11.8. The first-order valence-electron chi connectivity index (χ1n) is 5.43. The minimum atomic E-state index is 0.0139. The number of rotatable bonds is 2. The van der Waals surface area contributed by atoms with Gasteiger partial charge in [0.15, 0.2) is 5.82 Å². The molecule has 0 unspecified atom stereocenters. The predicted molar refractivity (Wildman–Crippen MR) is 59.0 cm³/mol. The Balaban J connectivity index is 1.91. The SMILES string of the molecule is Cc1cc(N2N=C(C3CC3)CC2=O)ncn1. The van der Waals surface area contributed by atoms with E-state index in [4.69, 9.17) is 0 Å². The van der Waals surface area contributed by atoms with Gasteiger partial charge in [-0.15, -0.1) is 0 Å². The molecule has 0 spiro atoms. The molecule has 0 bridgehead atoms. The maximum atomic E-state index is 11.8. The molecule has 16 heavy (non-hydrogen) atoms. The first-order chi connectivity index (χ1) is 7.74. The van der Waals surface area contributed by atoms with Gasteiger partial charge in [0.1, 0.15) is 6.33 Å². The Kier molecular flexibility index (Phi) is 1.99. The summed E-state index contributed by atoms with van der Waals surface area (Å²) in [6.45, 7) is 1.87. The van der Waals surface area contributed by atoms with Crippen LogP contribution >= 0.6 is 0 Å². The lowest BCUT2D eigenvalue weighted by Gasteiger charge is -2.09. The molecule has 2 heterocycles. The second kappa shape index (κ2) is 3.37. The number of carbonyl (C=O) groups is 1. The van der Waals surface area contributed by atoms with Crippen molar-refractivity contribution in [1.82, 2.24) is 9.97 Å². The highest BCUT2D eigenvalue weighted by atomic mass is 16.2. The summed E-state index contributed by atoms with van der Waals surface area (Å²) < 4.78 is 0. The van der Waals surface area contributed by atoms with Crippen LogP contribution < -0.4 is 5.01 Å². The minimum absolute atomic E-state index is 0.0139. The summed E-state index contributed by atoms with van der Waals surface area (Å²) in [6.07, 6.45) is 4.25. The van der Waals surface area contributed by atoms with E-state index in [1.165, 1.54) is 24.2 Å². The van der Waals surface area contributed by atoms with Crippen LogP contribution in [0.4, 0.5) is 5.82 Å². The molecule has 5 heteroatoms. The Morgan fingerprint density at radius 2 is 2.19 bits per heavy atom. The van der Waals surface area contributed by atoms with Gasteiger partial charge in [0.05, 0.1) is 12.1 Å². The van der Waals surface area contributed by atoms with Gasteiger partial charge >= 0.3 is 0 Å². The van der Waals surface area contributed by atoms with Gasteiger partial charge in [-0.2, -0.15) is 10.1 Å². The third-order valence-electron chi connectivity index (χ3n) is 2.85. The molecule has 3 rings (SSSR count). The van der Waals surface area contributed by atoms with E-state index in [2.05, 4.69) is 15.1 Å². The molecule has 1 aromatic rings. The number of anilines is 1. The fourth-order valence-electron chi connectivity index (χ4n) is 1.83. The van der Waals surface area contributed by atoms with Crippen molar-refractivity contribution in [2.24, 2.45) is 11.0 Å². The van der Waals surface area contributed by atoms with Crippen molar-refractivity contribution < 1.29 is 4.79 Å². The van der Waals surface area contributed by atoms with E-state index in [9.17, 15) is 4.79 Å². The van der Waals surface area contributed by atoms with Crippen molar-refractivity contribution in [2.45, 2.75) is 26.2 Å². The molecule has 1 amide bonds. The van der Waals surface area contributed by atoms with Crippen LogP contribution in [0.2, 0.25) is 0 Å². The topological polar surface area (TPSA) is 58.5 Å². The average molecular weight is 216 g/mol. The Morgan fingerprint density at radius 1 is 1.38 bits per heavy atom. The lowest BCUT2D eigenvalue weighted by Crippen LogP contribution is -2.20. The molecule has 0 atom stereocenters. The largest absolute Gasteiger partial charge is 0.272 e. The number of carbonyl (C=O) groups excluding carboxylic acids is 1. The van der Waals surface area contributed by atoms with Gasteiger partial charge in [0.25, 0.3) is 5.91 Å². The van der Waals surface area contributed by atoms with Crippen LogP contribution in [0.1, 0.15) is 25.0 Å². The molecule has 1 saturated carbocycles. The Bertz CT molecular complexity index is 479. The molecule has 1 aliphatic carbocycles. The van der Waals surface area contributed by atoms with E-state index in [-0.39, 0.29) is 5.91 Å². The van der Waals surface area contributed by atoms with Crippen molar-refractivity contribution >= 4 is 17.4 Å². The zero-order valence-corrected chi connectivity index (χ0v) is 9.05. The van der Waals surface area contributed by atoms with Gasteiger partial charge in [-0.05, 0) is 25.7 Å². The number of hydrazone groups is 1. The fourth-order valence-corrected chi connectivity index (χ4v) is 1.83. The third kappa shape index (κ3) is 1.58. The normalized spacial score (nSPS) is 20.2. The molecule has 5 nitrogen and oxygen atoms in total. The molecular weight excluding hydrogens is 204 g/mol. The van der Waals surface area contributed by atoms with Crippen LogP contribution in [0.5, 0.6) is 0 Å². The average Bonchev–Trinajstić information content (AvgIpc) is 3.02. The molecule has 1 aliphatic heterocycles. The summed E-state index contributed by atoms with van der Waals surface area (Å²) in [7, 11) is 0. The monoisotopic (exact) mass is 216 g/mol. The fraction of sp³-hybridized carbons (Fsp3) is 0.455. The third-order valence-corrected chi connectivity index (χ3v) is 2.85. The standard InChI is InChI=1S/C11H12N4O/c1-7-4-10(13-6-12-7)15-11(16)5-9(14-15)8-2-3-8/h4,6,8H,2-3,5H2,1H3. The van der Waals surface area contributed by atoms with Crippen molar-refractivity contribution in [1.29, 1.82) is 0 Å². The number of aromatic nitrogens is 2.